The number of nitrogens with zero attached hydrogens (tertiary/aromatic N) is 4. The van der Waals surface area contributed by atoms with E-state index < -0.39 is 0 Å². The lowest BCUT2D eigenvalue weighted by molar-refractivity contribution is -0.0592. The van der Waals surface area contributed by atoms with Gasteiger partial charge >= 0.3 is 0 Å². The van der Waals surface area contributed by atoms with Gasteiger partial charge in [0.15, 0.2) is 0 Å². The van der Waals surface area contributed by atoms with E-state index >= 15 is 0 Å². The first-order valence-corrected chi connectivity index (χ1v) is 14.6. The summed E-state index contributed by atoms with van der Waals surface area (Å²) in [4.78, 5) is 12.2. The number of pyridine rings is 1. The number of fused-ring (bicyclic) bond motifs is 1. The Balaban J connectivity index is 1.09. The van der Waals surface area contributed by atoms with Crippen molar-refractivity contribution in [2.45, 2.75) is 51.0 Å². The van der Waals surface area contributed by atoms with Crippen LogP contribution in [0.5, 0.6) is 5.88 Å². The molecule has 0 spiro atoms. The summed E-state index contributed by atoms with van der Waals surface area (Å²) in [6.07, 6.45) is 3.29. The van der Waals surface area contributed by atoms with Crippen molar-refractivity contribution in [2.24, 2.45) is 0 Å². The Kier molecular flexibility index (Phi) is 8.67. The van der Waals surface area contributed by atoms with E-state index in [0.717, 1.165) is 80.3 Å². The number of piperidine rings is 1. The van der Waals surface area contributed by atoms with E-state index in [2.05, 4.69) is 33.0 Å². The summed E-state index contributed by atoms with van der Waals surface area (Å²) in [7, 11) is 0. The van der Waals surface area contributed by atoms with Gasteiger partial charge in [0.25, 0.3) is 0 Å². The van der Waals surface area contributed by atoms with Crippen LogP contribution >= 0.6 is 11.6 Å². The van der Waals surface area contributed by atoms with Crippen molar-refractivity contribution in [3.63, 3.8) is 0 Å². The van der Waals surface area contributed by atoms with Crippen LogP contribution in [0.1, 0.15) is 42.3 Å². The molecule has 0 saturated carbocycles. The summed E-state index contributed by atoms with van der Waals surface area (Å²) in [6.45, 7) is 4.99. The summed E-state index contributed by atoms with van der Waals surface area (Å²) < 4.78 is 28.0. The number of aliphatic hydroxyl groups is 1. The van der Waals surface area contributed by atoms with Gasteiger partial charge in [0.05, 0.1) is 36.8 Å². The molecule has 0 amide bonds. The molecular formula is C31H35ClFN5O3. The van der Waals surface area contributed by atoms with Crippen molar-refractivity contribution in [1.82, 2.24) is 19.4 Å². The average molecular weight is 580 g/mol. The van der Waals surface area contributed by atoms with Crippen LogP contribution in [0.25, 0.3) is 11.0 Å². The number of ether oxygens (including phenoxy) is 2. The smallest absolute Gasteiger partial charge is 0.213 e. The summed E-state index contributed by atoms with van der Waals surface area (Å²) in [5, 5.41) is 12.8. The maximum absolute atomic E-state index is 14.1. The highest BCUT2D eigenvalue weighted by Gasteiger charge is 2.26. The quantitative estimate of drug-likeness (QED) is 0.247. The number of aliphatic hydroxyl groups excluding tert-OH is 1. The molecule has 2 aliphatic heterocycles. The fraction of sp³-hybridized carbons (Fsp3) is 0.419. The Morgan fingerprint density at radius 3 is 2.68 bits per heavy atom. The van der Waals surface area contributed by atoms with Gasteiger partial charge in [-0.15, -0.1) is 0 Å². The molecule has 216 valence electrons. The number of hydrogen-bond donors (Lipinski definition) is 2. The predicted molar refractivity (Wildman–Crippen MR) is 157 cm³/mol. The van der Waals surface area contributed by atoms with Crippen LogP contribution in [0.4, 0.5) is 10.1 Å². The number of likely N-dealkylation sites (tertiary alicyclic amines) is 1. The molecule has 2 aliphatic rings. The van der Waals surface area contributed by atoms with Crippen molar-refractivity contribution in [3.8, 4) is 5.88 Å². The maximum Gasteiger partial charge on any atom is 0.213 e. The number of anilines is 1. The van der Waals surface area contributed by atoms with Crippen LogP contribution in [-0.2, 0) is 24.4 Å². The number of rotatable bonds is 11. The largest absolute Gasteiger partial charge is 0.473 e. The average Bonchev–Trinajstić information content (AvgIpc) is 3.29. The van der Waals surface area contributed by atoms with E-state index in [4.69, 9.17) is 36.1 Å². The number of imidazole rings is 1. The van der Waals surface area contributed by atoms with E-state index in [0.29, 0.717) is 28.9 Å². The van der Waals surface area contributed by atoms with Gasteiger partial charge in [-0.25, -0.2) is 14.4 Å². The maximum atomic E-state index is 14.1. The lowest BCUT2D eigenvalue weighted by Crippen LogP contribution is -2.35. The van der Waals surface area contributed by atoms with Gasteiger partial charge < -0.3 is 24.5 Å². The van der Waals surface area contributed by atoms with Crippen molar-refractivity contribution in [1.29, 1.82) is 0 Å². The van der Waals surface area contributed by atoms with E-state index in [1.165, 1.54) is 6.07 Å². The number of nitrogens with one attached hydrogen (secondary N) is 1. The molecule has 2 aromatic heterocycles. The Morgan fingerprint density at radius 1 is 1.07 bits per heavy atom. The van der Waals surface area contributed by atoms with Crippen LogP contribution in [0.15, 0.2) is 54.6 Å². The number of aromatic nitrogens is 3. The topological polar surface area (TPSA) is 84.7 Å². The molecule has 41 heavy (non-hydrogen) atoms. The minimum atomic E-state index is -0.381. The van der Waals surface area contributed by atoms with E-state index in [1.54, 1.807) is 12.1 Å². The minimum Gasteiger partial charge on any atom is -0.473 e. The Hall–Kier alpha value is -3.24. The highest BCUT2D eigenvalue weighted by atomic mass is 35.5. The zero-order valence-electron chi connectivity index (χ0n) is 22.9. The molecule has 2 aromatic carbocycles. The molecule has 4 heterocycles. The number of hydrogen-bond acceptors (Lipinski definition) is 7. The van der Waals surface area contributed by atoms with Gasteiger partial charge in [-0.1, -0.05) is 23.7 Å². The van der Waals surface area contributed by atoms with Crippen molar-refractivity contribution >= 4 is 28.3 Å². The minimum absolute atomic E-state index is 0.0862. The first kappa shape index (κ1) is 27.9. The van der Waals surface area contributed by atoms with Gasteiger partial charge in [0.1, 0.15) is 18.2 Å². The third-order valence-electron chi connectivity index (χ3n) is 7.95. The molecule has 2 N–H and O–H groups in total. The Bertz CT molecular complexity index is 1490. The molecule has 1 atom stereocenters. The van der Waals surface area contributed by atoms with Crippen LogP contribution in [-0.4, -0.2) is 63.5 Å². The van der Waals surface area contributed by atoms with Gasteiger partial charge in [0.2, 0.25) is 5.88 Å². The zero-order chi connectivity index (χ0) is 28.2. The fourth-order valence-electron chi connectivity index (χ4n) is 5.56. The van der Waals surface area contributed by atoms with Crippen molar-refractivity contribution < 1.29 is 19.0 Å². The summed E-state index contributed by atoms with van der Waals surface area (Å²) in [5.41, 5.74) is 4.48. The molecule has 0 bridgehead atoms. The molecular weight excluding hydrogens is 545 g/mol. The Morgan fingerprint density at radius 2 is 1.93 bits per heavy atom. The molecule has 4 aromatic rings. The monoisotopic (exact) mass is 579 g/mol. The molecule has 0 aliphatic carbocycles. The lowest BCUT2D eigenvalue weighted by atomic mass is 9.93. The first-order chi connectivity index (χ1) is 20.1. The lowest BCUT2D eigenvalue weighted by Gasteiger charge is -2.32. The van der Waals surface area contributed by atoms with Crippen LogP contribution in [0.2, 0.25) is 5.02 Å². The fourth-order valence-corrected chi connectivity index (χ4v) is 5.72. The standard InChI is InChI=1S/C31H35ClFN5O3/c32-23-5-4-22(26(33)16-23)20-41-31-3-1-2-27(36-31)21-8-12-37(13-9-21)19-30-35-28-17-24(34-11-14-39)6-7-29(28)38(30)18-25-10-15-40-25/h1-7,16-17,21,25,34,39H,8-15,18-20H2/t25-/m0/s1. The summed E-state index contributed by atoms with van der Waals surface area (Å²) in [5.74, 6) is 1.51. The Labute approximate surface area is 244 Å². The molecule has 2 saturated heterocycles. The third-order valence-corrected chi connectivity index (χ3v) is 8.19. The first-order valence-electron chi connectivity index (χ1n) is 14.3. The van der Waals surface area contributed by atoms with Gasteiger partial charge in [-0.05, 0) is 68.8 Å². The highest BCUT2D eigenvalue weighted by Crippen LogP contribution is 2.30. The van der Waals surface area contributed by atoms with Crippen LogP contribution in [0.3, 0.4) is 0 Å². The zero-order valence-corrected chi connectivity index (χ0v) is 23.7. The summed E-state index contributed by atoms with van der Waals surface area (Å²) >= 11 is 5.86. The second-order valence-corrected chi connectivity index (χ2v) is 11.2. The second-order valence-electron chi connectivity index (χ2n) is 10.7. The normalized spacial score (nSPS) is 18.0. The molecule has 8 nitrogen and oxygen atoms in total. The van der Waals surface area contributed by atoms with Gasteiger partial charge in [-0.2, -0.15) is 0 Å². The van der Waals surface area contributed by atoms with E-state index in [1.807, 2.05) is 18.2 Å². The SMILES string of the molecule is OCCNc1ccc2c(c1)nc(CN1CCC(c3cccc(OCc4ccc(Cl)cc4F)n3)CC1)n2C[C@@H]1CCO1. The van der Waals surface area contributed by atoms with Gasteiger partial charge in [0, 0.05) is 47.1 Å². The molecule has 0 radical (unpaired) electrons. The molecule has 6 rings (SSSR count). The van der Waals surface area contributed by atoms with Gasteiger partial charge in [-0.3, -0.25) is 4.90 Å². The van der Waals surface area contributed by atoms with E-state index in [9.17, 15) is 4.39 Å². The summed E-state index contributed by atoms with van der Waals surface area (Å²) in [6, 6.07) is 16.6. The van der Waals surface area contributed by atoms with Crippen molar-refractivity contribution in [3.05, 3.63) is 82.5 Å². The molecule has 10 heteroatoms. The highest BCUT2D eigenvalue weighted by molar-refractivity contribution is 6.30. The number of halogens is 2. The van der Waals surface area contributed by atoms with Crippen molar-refractivity contribution in [2.75, 3.05) is 38.2 Å². The third kappa shape index (κ3) is 6.64. The van der Waals surface area contributed by atoms with E-state index in [-0.39, 0.29) is 25.1 Å². The van der Waals surface area contributed by atoms with Crippen LogP contribution in [0, 0.1) is 5.82 Å². The molecule has 0 unspecified atom stereocenters. The predicted octanol–water partition coefficient (Wildman–Crippen LogP) is 5.38. The van der Waals surface area contributed by atoms with Crippen LogP contribution < -0.4 is 10.1 Å². The second kappa shape index (κ2) is 12.7. The molecule has 2 fully saturated rings. The number of benzene rings is 2.